The Labute approximate surface area is 173 Å². The van der Waals surface area contributed by atoms with Gasteiger partial charge in [-0.15, -0.1) is 0 Å². The lowest BCUT2D eigenvalue weighted by Crippen LogP contribution is -2.48. The van der Waals surface area contributed by atoms with Crippen molar-refractivity contribution >= 4 is 28.9 Å². The van der Waals surface area contributed by atoms with E-state index < -0.39 is 17.8 Å². The highest BCUT2D eigenvalue weighted by atomic mass is 19.1. The van der Waals surface area contributed by atoms with Crippen molar-refractivity contribution in [3.8, 4) is 0 Å². The van der Waals surface area contributed by atoms with Crippen LogP contribution in [-0.4, -0.2) is 48.9 Å². The van der Waals surface area contributed by atoms with Crippen molar-refractivity contribution < 1.29 is 18.4 Å². The quantitative estimate of drug-likeness (QED) is 0.811. The van der Waals surface area contributed by atoms with E-state index in [0.717, 1.165) is 11.3 Å². The van der Waals surface area contributed by atoms with Crippen molar-refractivity contribution in [2.75, 3.05) is 41.7 Å². The maximum atomic E-state index is 14.4. The molecule has 4 rings (SSSR count). The Morgan fingerprint density at radius 2 is 1.77 bits per heavy atom. The summed E-state index contributed by atoms with van der Waals surface area (Å²) >= 11 is 0. The van der Waals surface area contributed by atoms with Gasteiger partial charge in [0.2, 0.25) is 11.8 Å². The second-order valence-electron chi connectivity index (χ2n) is 7.77. The fourth-order valence-corrected chi connectivity index (χ4v) is 4.03. The molecule has 2 aromatic carbocycles. The third-order valence-electron chi connectivity index (χ3n) is 5.81. The van der Waals surface area contributed by atoms with Gasteiger partial charge < -0.3 is 20.4 Å². The fourth-order valence-electron chi connectivity index (χ4n) is 4.03. The topological polar surface area (TPSA) is 64.7 Å². The van der Waals surface area contributed by atoms with Crippen LogP contribution in [0.3, 0.4) is 0 Å². The molecule has 6 nitrogen and oxygen atoms in total. The summed E-state index contributed by atoms with van der Waals surface area (Å²) in [5, 5.41) is 5.70. The molecule has 1 fully saturated rings. The smallest absolute Gasteiger partial charge is 0.247 e. The lowest BCUT2D eigenvalue weighted by atomic mass is 10.1. The van der Waals surface area contributed by atoms with E-state index in [1.165, 1.54) is 12.1 Å². The van der Waals surface area contributed by atoms with E-state index in [9.17, 15) is 18.4 Å². The summed E-state index contributed by atoms with van der Waals surface area (Å²) in [6, 6.07) is 6.98. The number of halogens is 2. The molecular weight excluding hydrogens is 390 g/mol. The van der Waals surface area contributed by atoms with Crippen molar-refractivity contribution in [3.63, 3.8) is 0 Å². The van der Waals surface area contributed by atoms with Crippen LogP contribution in [0.1, 0.15) is 18.1 Å². The Kier molecular flexibility index (Phi) is 5.32. The zero-order chi connectivity index (χ0) is 21.4. The Bertz CT molecular complexity index is 972. The van der Waals surface area contributed by atoms with E-state index in [4.69, 9.17) is 0 Å². The largest absolute Gasteiger partial charge is 0.373 e. The molecule has 2 heterocycles. The molecule has 2 aliphatic heterocycles. The van der Waals surface area contributed by atoms with Crippen molar-refractivity contribution in [1.82, 2.24) is 4.90 Å². The zero-order valence-electron chi connectivity index (χ0n) is 17.0. The van der Waals surface area contributed by atoms with E-state index in [1.807, 2.05) is 6.92 Å². The molecular formula is C22H24F2N4O2. The molecule has 1 atom stereocenters. The first-order valence-corrected chi connectivity index (χ1v) is 9.99. The van der Waals surface area contributed by atoms with Crippen LogP contribution in [0.2, 0.25) is 0 Å². The van der Waals surface area contributed by atoms with Gasteiger partial charge in [0.15, 0.2) is 0 Å². The van der Waals surface area contributed by atoms with Crippen LogP contribution in [0.5, 0.6) is 0 Å². The number of rotatable bonds is 3. The summed E-state index contributed by atoms with van der Waals surface area (Å²) in [7, 11) is 0. The number of anilines is 3. The molecule has 1 unspecified atom stereocenters. The van der Waals surface area contributed by atoms with Gasteiger partial charge >= 0.3 is 0 Å². The van der Waals surface area contributed by atoms with E-state index in [0.29, 0.717) is 37.4 Å². The lowest BCUT2D eigenvalue weighted by Gasteiger charge is -2.35. The first kappa shape index (κ1) is 20.1. The van der Waals surface area contributed by atoms with Crippen molar-refractivity contribution in [3.05, 3.63) is 53.1 Å². The molecule has 30 heavy (non-hydrogen) atoms. The fraction of sp³-hybridized carbons (Fsp3) is 0.364. The third kappa shape index (κ3) is 3.81. The predicted molar refractivity (Wildman–Crippen MR) is 112 cm³/mol. The Balaban J connectivity index is 1.46. The SMILES string of the molecule is CC(=O)N1CCN(c2ccc(F)c(NC(=O)C3Cc4c(F)ccc(C)c4N3)c2)CC1. The molecule has 0 radical (unpaired) electrons. The van der Waals surface area contributed by atoms with Crippen LogP contribution in [-0.2, 0) is 16.0 Å². The van der Waals surface area contributed by atoms with Crippen LogP contribution in [0, 0.1) is 18.6 Å². The number of amides is 2. The highest BCUT2D eigenvalue weighted by Gasteiger charge is 2.30. The molecule has 0 aliphatic carbocycles. The average Bonchev–Trinajstić information content (AvgIpc) is 3.19. The minimum absolute atomic E-state index is 0.0402. The maximum Gasteiger partial charge on any atom is 0.247 e. The molecule has 2 N–H and O–H groups in total. The summed E-state index contributed by atoms with van der Waals surface area (Å²) in [6.07, 6.45) is 0.211. The second-order valence-corrected chi connectivity index (χ2v) is 7.77. The molecule has 0 aromatic heterocycles. The van der Waals surface area contributed by atoms with Crippen LogP contribution in [0.15, 0.2) is 30.3 Å². The van der Waals surface area contributed by atoms with Gasteiger partial charge in [0.1, 0.15) is 17.7 Å². The standard InChI is InChI=1S/C22H24F2N4O2/c1-13-3-5-17(23)16-12-20(25-21(13)16)22(30)26-19-11-15(4-6-18(19)24)28-9-7-27(8-10-28)14(2)29/h3-6,11,20,25H,7-10,12H2,1-2H3,(H,26,30). The number of hydrogen-bond donors (Lipinski definition) is 2. The molecule has 2 aromatic rings. The summed E-state index contributed by atoms with van der Waals surface area (Å²) in [6.45, 7) is 5.87. The van der Waals surface area contributed by atoms with E-state index >= 15 is 0 Å². The molecule has 2 aliphatic rings. The Hall–Kier alpha value is -3.16. The van der Waals surface area contributed by atoms with Crippen molar-refractivity contribution in [2.24, 2.45) is 0 Å². The highest BCUT2D eigenvalue weighted by Crippen LogP contribution is 2.32. The number of carbonyl (C=O) groups is 2. The number of fused-ring (bicyclic) bond motifs is 1. The number of nitrogens with one attached hydrogen (secondary N) is 2. The molecule has 0 saturated carbocycles. The number of nitrogens with zero attached hydrogens (tertiary/aromatic N) is 2. The molecule has 2 amide bonds. The van der Waals surface area contributed by atoms with Gasteiger partial charge in [-0.2, -0.15) is 0 Å². The van der Waals surface area contributed by atoms with Gasteiger partial charge in [-0.25, -0.2) is 8.78 Å². The average molecular weight is 414 g/mol. The van der Waals surface area contributed by atoms with Crippen molar-refractivity contribution in [2.45, 2.75) is 26.3 Å². The predicted octanol–water partition coefficient (Wildman–Crippen LogP) is 2.92. The number of benzene rings is 2. The monoisotopic (exact) mass is 414 g/mol. The lowest BCUT2D eigenvalue weighted by molar-refractivity contribution is -0.129. The number of aryl methyl sites for hydroxylation is 1. The first-order chi connectivity index (χ1) is 14.3. The third-order valence-corrected chi connectivity index (χ3v) is 5.81. The van der Waals surface area contributed by atoms with E-state index in [2.05, 4.69) is 15.5 Å². The number of hydrogen-bond acceptors (Lipinski definition) is 4. The van der Waals surface area contributed by atoms with Gasteiger partial charge in [0.05, 0.1) is 5.69 Å². The maximum absolute atomic E-state index is 14.4. The number of piperazine rings is 1. The molecule has 8 heteroatoms. The van der Waals surface area contributed by atoms with Crippen LogP contribution in [0.25, 0.3) is 0 Å². The van der Waals surface area contributed by atoms with Crippen molar-refractivity contribution in [1.29, 1.82) is 0 Å². The van der Waals surface area contributed by atoms with Crippen LogP contribution >= 0.6 is 0 Å². The Morgan fingerprint density at radius 3 is 2.43 bits per heavy atom. The number of carbonyl (C=O) groups excluding carboxylic acids is 2. The zero-order valence-corrected chi connectivity index (χ0v) is 17.0. The molecule has 0 bridgehead atoms. The molecule has 158 valence electrons. The van der Waals surface area contributed by atoms with Crippen LogP contribution in [0.4, 0.5) is 25.8 Å². The Morgan fingerprint density at radius 1 is 1.07 bits per heavy atom. The van der Waals surface area contributed by atoms with Gasteiger partial charge in [-0.3, -0.25) is 9.59 Å². The highest BCUT2D eigenvalue weighted by molar-refractivity contribution is 5.98. The summed E-state index contributed by atoms with van der Waals surface area (Å²) in [5.74, 6) is -1.26. The first-order valence-electron chi connectivity index (χ1n) is 9.99. The minimum atomic E-state index is -0.669. The summed E-state index contributed by atoms with van der Waals surface area (Å²) in [5.41, 5.74) is 2.83. The van der Waals surface area contributed by atoms with Gasteiger partial charge in [-0.1, -0.05) is 6.07 Å². The minimum Gasteiger partial charge on any atom is -0.373 e. The van der Waals surface area contributed by atoms with Gasteiger partial charge in [0.25, 0.3) is 0 Å². The summed E-state index contributed by atoms with van der Waals surface area (Å²) < 4.78 is 28.4. The van der Waals surface area contributed by atoms with E-state index in [1.54, 1.807) is 30.0 Å². The van der Waals surface area contributed by atoms with Gasteiger partial charge in [0, 0.05) is 56.5 Å². The molecule has 0 spiro atoms. The van der Waals surface area contributed by atoms with Gasteiger partial charge in [-0.05, 0) is 36.8 Å². The van der Waals surface area contributed by atoms with Crippen LogP contribution < -0.4 is 15.5 Å². The van der Waals surface area contributed by atoms with E-state index in [-0.39, 0.29) is 23.8 Å². The second kappa shape index (κ2) is 7.93. The normalized spacial score (nSPS) is 18.1. The summed E-state index contributed by atoms with van der Waals surface area (Å²) in [4.78, 5) is 28.1. The molecule has 1 saturated heterocycles.